The van der Waals surface area contributed by atoms with Crippen LogP contribution in [0, 0.1) is 0 Å². The van der Waals surface area contributed by atoms with E-state index in [1.165, 1.54) is 42.5 Å². The van der Waals surface area contributed by atoms with Crippen LogP contribution < -0.4 is 19.5 Å². The Bertz CT molecular complexity index is 1530. The molecule has 0 heterocycles. The molecule has 0 aliphatic heterocycles. The van der Waals surface area contributed by atoms with Gasteiger partial charge in [0.2, 0.25) is 0 Å². The van der Waals surface area contributed by atoms with E-state index < -0.39 is 15.9 Å². The molecule has 4 aromatic carbocycles. The second kappa shape index (κ2) is 12.2. The highest BCUT2D eigenvalue weighted by Gasteiger charge is 2.20. The number of nitrogens with one attached hydrogen (secondary N) is 2. The van der Waals surface area contributed by atoms with Gasteiger partial charge in [0.25, 0.3) is 15.9 Å². The molecule has 0 radical (unpaired) electrons. The van der Waals surface area contributed by atoms with E-state index in [0.29, 0.717) is 34.6 Å². The van der Waals surface area contributed by atoms with E-state index in [1.807, 2.05) is 6.92 Å². The molecular weight excluding hydrogens is 547 g/mol. The molecule has 10 heteroatoms. The van der Waals surface area contributed by atoms with Crippen molar-refractivity contribution in [2.75, 3.05) is 16.6 Å². The summed E-state index contributed by atoms with van der Waals surface area (Å²) >= 11 is 12.2. The zero-order valence-electron chi connectivity index (χ0n) is 20.3. The van der Waals surface area contributed by atoms with Gasteiger partial charge in [-0.3, -0.25) is 9.52 Å². The topological polar surface area (TPSA) is 93.7 Å². The van der Waals surface area contributed by atoms with Crippen LogP contribution in [0.4, 0.5) is 11.4 Å². The smallest absolute Gasteiger partial charge is 0.261 e. The van der Waals surface area contributed by atoms with Crippen molar-refractivity contribution in [3.63, 3.8) is 0 Å². The zero-order chi connectivity index (χ0) is 27.1. The molecule has 0 aliphatic rings. The Morgan fingerprint density at radius 3 is 2.24 bits per heavy atom. The number of hydrogen-bond acceptors (Lipinski definition) is 5. The summed E-state index contributed by atoms with van der Waals surface area (Å²) in [5.74, 6) is 1.01. The fourth-order valence-electron chi connectivity index (χ4n) is 3.39. The van der Waals surface area contributed by atoms with Crippen LogP contribution in [0.2, 0.25) is 10.0 Å². The van der Waals surface area contributed by atoms with Crippen LogP contribution in [0.5, 0.6) is 17.2 Å². The van der Waals surface area contributed by atoms with Crippen molar-refractivity contribution in [1.82, 2.24) is 0 Å². The SMILES string of the molecule is CCCOc1ccc(NC(=O)c2cc(Cl)ccc2NS(=O)(=O)c2ccc(Oc3ccccc3Cl)cc2)cc1. The van der Waals surface area contributed by atoms with Crippen molar-refractivity contribution in [3.05, 3.63) is 107 Å². The van der Waals surface area contributed by atoms with Gasteiger partial charge < -0.3 is 14.8 Å². The van der Waals surface area contributed by atoms with Crippen molar-refractivity contribution in [2.45, 2.75) is 18.2 Å². The van der Waals surface area contributed by atoms with Crippen LogP contribution >= 0.6 is 23.2 Å². The summed E-state index contributed by atoms with van der Waals surface area (Å²) in [6, 6.07) is 24.0. The number of carbonyl (C=O) groups is 1. The first kappa shape index (κ1) is 27.3. The number of rotatable bonds is 10. The van der Waals surface area contributed by atoms with Crippen LogP contribution in [0.3, 0.4) is 0 Å². The monoisotopic (exact) mass is 570 g/mol. The Kier molecular flexibility index (Phi) is 8.78. The van der Waals surface area contributed by atoms with Crippen LogP contribution in [0.25, 0.3) is 0 Å². The molecule has 1 amide bonds. The quantitative estimate of drug-likeness (QED) is 0.204. The Labute approximate surface area is 231 Å². The maximum atomic E-state index is 13.1. The van der Waals surface area contributed by atoms with Crippen LogP contribution in [0.15, 0.2) is 95.9 Å². The van der Waals surface area contributed by atoms with Gasteiger partial charge in [-0.1, -0.05) is 42.3 Å². The molecular formula is C28H24Cl2N2O5S. The minimum Gasteiger partial charge on any atom is -0.494 e. The molecule has 4 aromatic rings. The highest BCUT2D eigenvalue weighted by atomic mass is 35.5. The average Bonchev–Trinajstić information content (AvgIpc) is 2.91. The number of amides is 1. The Morgan fingerprint density at radius 1 is 0.868 bits per heavy atom. The maximum absolute atomic E-state index is 13.1. The number of benzene rings is 4. The van der Waals surface area contributed by atoms with Gasteiger partial charge in [-0.25, -0.2) is 8.42 Å². The van der Waals surface area contributed by atoms with Gasteiger partial charge in [-0.2, -0.15) is 0 Å². The number of halogens is 2. The van der Waals surface area contributed by atoms with Crippen LogP contribution in [0.1, 0.15) is 23.7 Å². The van der Waals surface area contributed by atoms with E-state index in [9.17, 15) is 13.2 Å². The predicted molar refractivity (Wildman–Crippen MR) is 150 cm³/mol. The lowest BCUT2D eigenvalue weighted by Gasteiger charge is -2.14. The molecule has 0 saturated heterocycles. The molecule has 0 unspecified atom stereocenters. The Morgan fingerprint density at radius 2 is 1.55 bits per heavy atom. The second-order valence-electron chi connectivity index (χ2n) is 8.13. The third-order valence-corrected chi connectivity index (χ3v) is 7.18. The fourth-order valence-corrected chi connectivity index (χ4v) is 4.82. The minimum atomic E-state index is -4.04. The maximum Gasteiger partial charge on any atom is 0.261 e. The third-order valence-electron chi connectivity index (χ3n) is 5.25. The normalized spacial score (nSPS) is 11.0. The molecule has 0 atom stereocenters. The summed E-state index contributed by atoms with van der Waals surface area (Å²) < 4.78 is 40.0. The van der Waals surface area contributed by atoms with Crippen molar-refractivity contribution in [3.8, 4) is 17.2 Å². The number of hydrogen-bond donors (Lipinski definition) is 2. The van der Waals surface area contributed by atoms with Crippen molar-refractivity contribution in [2.24, 2.45) is 0 Å². The molecule has 4 rings (SSSR count). The van der Waals surface area contributed by atoms with Gasteiger partial charge in [0.15, 0.2) is 0 Å². The molecule has 0 fully saturated rings. The zero-order valence-corrected chi connectivity index (χ0v) is 22.6. The first-order chi connectivity index (χ1) is 18.2. The van der Waals surface area contributed by atoms with Crippen LogP contribution in [-0.4, -0.2) is 20.9 Å². The number of para-hydroxylation sites is 1. The molecule has 0 aromatic heterocycles. The van der Waals surface area contributed by atoms with Gasteiger partial charge in [0, 0.05) is 10.7 Å². The highest BCUT2D eigenvalue weighted by molar-refractivity contribution is 7.92. The highest BCUT2D eigenvalue weighted by Crippen LogP contribution is 2.30. The second-order valence-corrected chi connectivity index (χ2v) is 10.7. The number of anilines is 2. The van der Waals surface area contributed by atoms with E-state index in [2.05, 4.69) is 10.0 Å². The fraction of sp³-hybridized carbons (Fsp3) is 0.107. The van der Waals surface area contributed by atoms with E-state index in [1.54, 1.807) is 48.5 Å². The summed E-state index contributed by atoms with van der Waals surface area (Å²) in [5, 5.41) is 3.47. The summed E-state index contributed by atoms with van der Waals surface area (Å²) in [6.45, 7) is 2.60. The summed E-state index contributed by atoms with van der Waals surface area (Å²) in [5.41, 5.74) is 0.652. The first-order valence-electron chi connectivity index (χ1n) is 11.6. The average molecular weight is 571 g/mol. The summed E-state index contributed by atoms with van der Waals surface area (Å²) in [4.78, 5) is 13.0. The third kappa shape index (κ3) is 6.98. The van der Waals surface area contributed by atoms with E-state index in [-0.39, 0.29) is 21.2 Å². The summed E-state index contributed by atoms with van der Waals surface area (Å²) in [6.07, 6.45) is 0.881. The lowest BCUT2D eigenvalue weighted by molar-refractivity contribution is 0.102. The lowest BCUT2D eigenvalue weighted by atomic mass is 10.1. The van der Waals surface area contributed by atoms with Gasteiger partial charge in [-0.05, 0) is 85.3 Å². The summed E-state index contributed by atoms with van der Waals surface area (Å²) in [7, 11) is -4.04. The largest absolute Gasteiger partial charge is 0.494 e. The number of ether oxygens (including phenoxy) is 2. The van der Waals surface area contributed by atoms with Crippen molar-refractivity contribution >= 4 is 50.5 Å². The van der Waals surface area contributed by atoms with E-state index in [0.717, 1.165) is 6.42 Å². The van der Waals surface area contributed by atoms with Gasteiger partial charge in [-0.15, -0.1) is 0 Å². The molecule has 0 spiro atoms. The van der Waals surface area contributed by atoms with Gasteiger partial charge in [0.1, 0.15) is 17.2 Å². The molecule has 0 aliphatic carbocycles. The van der Waals surface area contributed by atoms with Crippen molar-refractivity contribution < 1.29 is 22.7 Å². The Hall–Kier alpha value is -3.72. The molecule has 7 nitrogen and oxygen atoms in total. The lowest BCUT2D eigenvalue weighted by Crippen LogP contribution is -2.18. The molecule has 38 heavy (non-hydrogen) atoms. The molecule has 0 saturated carbocycles. The molecule has 196 valence electrons. The Balaban J connectivity index is 1.50. The molecule has 0 bridgehead atoms. The van der Waals surface area contributed by atoms with E-state index in [4.69, 9.17) is 32.7 Å². The standard InChI is InChI=1S/C28H24Cl2N2O5S/c1-2-17-36-21-10-8-20(9-11-21)31-28(33)24-18-19(29)7-16-26(24)32-38(34,35)23-14-12-22(13-15-23)37-27-6-4-3-5-25(27)30/h3-16,18,32H,2,17H2,1H3,(H,31,33). The van der Waals surface area contributed by atoms with Gasteiger partial charge in [0.05, 0.1) is 27.8 Å². The molecule has 2 N–H and O–H groups in total. The number of sulfonamides is 1. The van der Waals surface area contributed by atoms with Gasteiger partial charge >= 0.3 is 0 Å². The first-order valence-corrected chi connectivity index (χ1v) is 13.9. The van der Waals surface area contributed by atoms with Crippen molar-refractivity contribution in [1.29, 1.82) is 0 Å². The van der Waals surface area contributed by atoms with E-state index >= 15 is 0 Å². The predicted octanol–water partition coefficient (Wildman–Crippen LogP) is 7.63. The number of carbonyl (C=O) groups excluding carboxylic acids is 1. The minimum absolute atomic E-state index is 0.0204. The van der Waals surface area contributed by atoms with Crippen LogP contribution in [-0.2, 0) is 10.0 Å².